The van der Waals surface area contributed by atoms with Crippen molar-refractivity contribution in [1.29, 1.82) is 0 Å². The van der Waals surface area contributed by atoms with Crippen LogP contribution in [0.2, 0.25) is 0 Å². The number of fused-ring (bicyclic) bond motifs is 2. The highest BCUT2D eigenvalue weighted by atomic mass is 15.3. The summed E-state index contributed by atoms with van der Waals surface area (Å²) in [4.78, 5) is 7.69. The summed E-state index contributed by atoms with van der Waals surface area (Å²) in [6, 6.07) is 13.3. The van der Waals surface area contributed by atoms with Crippen LogP contribution in [0.4, 0.5) is 0 Å². The molecule has 0 spiro atoms. The van der Waals surface area contributed by atoms with Crippen LogP contribution in [0.15, 0.2) is 35.3 Å². The van der Waals surface area contributed by atoms with E-state index in [0.717, 1.165) is 24.2 Å². The number of benzene rings is 1. The minimum atomic E-state index is 0.480. The second-order valence-corrected chi connectivity index (χ2v) is 9.87. The maximum atomic E-state index is 4.94. The first-order valence-electron chi connectivity index (χ1n) is 12.4. The first-order chi connectivity index (χ1) is 15.7. The summed E-state index contributed by atoms with van der Waals surface area (Å²) >= 11 is 0. The fraction of sp³-hybridized carbons (Fsp3) is 0.640. The number of piperidine rings is 1. The third kappa shape index (κ3) is 4.82. The van der Waals surface area contributed by atoms with Gasteiger partial charge in [-0.25, -0.2) is 4.99 Å². The molecule has 0 radical (unpaired) electrons. The summed E-state index contributed by atoms with van der Waals surface area (Å²) in [7, 11) is 2.01. The molecule has 2 N–H and O–H groups in total. The molecule has 2 atom stereocenters. The van der Waals surface area contributed by atoms with Gasteiger partial charge in [-0.3, -0.25) is 4.90 Å². The summed E-state index contributed by atoms with van der Waals surface area (Å²) in [6.07, 6.45) is 10.1. The van der Waals surface area contributed by atoms with E-state index >= 15 is 0 Å². The van der Waals surface area contributed by atoms with Crippen molar-refractivity contribution >= 4 is 5.96 Å². The van der Waals surface area contributed by atoms with Gasteiger partial charge in [-0.1, -0.05) is 43.2 Å². The van der Waals surface area contributed by atoms with Gasteiger partial charge in [0.05, 0.1) is 0 Å². The molecule has 172 valence electrons. The number of rotatable bonds is 6. The van der Waals surface area contributed by atoms with Crippen LogP contribution in [0.3, 0.4) is 0 Å². The average molecular weight is 436 g/mol. The lowest BCUT2D eigenvalue weighted by atomic mass is 9.96. The Kier molecular flexibility index (Phi) is 6.44. The molecule has 2 aliphatic heterocycles. The molecule has 3 heterocycles. The van der Waals surface area contributed by atoms with E-state index < -0.39 is 0 Å². The van der Waals surface area contributed by atoms with Crippen LogP contribution in [-0.2, 0) is 20.1 Å². The van der Waals surface area contributed by atoms with Gasteiger partial charge < -0.3 is 15.2 Å². The van der Waals surface area contributed by atoms with E-state index in [0.29, 0.717) is 30.7 Å². The molecular formula is C25H37N7. The topological polar surface area (TPSA) is 70.4 Å². The highest BCUT2D eigenvalue weighted by Gasteiger charge is 2.40. The molecule has 2 bridgehead atoms. The van der Waals surface area contributed by atoms with E-state index in [1.165, 1.54) is 56.9 Å². The molecule has 2 saturated heterocycles. The Balaban J connectivity index is 1.24. The smallest absolute Gasteiger partial charge is 0.192 e. The van der Waals surface area contributed by atoms with Gasteiger partial charge in [0.25, 0.3) is 0 Å². The van der Waals surface area contributed by atoms with E-state index in [1.807, 2.05) is 18.5 Å². The molecule has 32 heavy (non-hydrogen) atoms. The number of guanidine groups is 1. The van der Waals surface area contributed by atoms with E-state index in [2.05, 4.69) is 56.1 Å². The first kappa shape index (κ1) is 21.4. The van der Waals surface area contributed by atoms with E-state index in [-0.39, 0.29) is 0 Å². The van der Waals surface area contributed by atoms with Crippen molar-refractivity contribution in [3.63, 3.8) is 0 Å². The number of hydrogen-bond acceptors (Lipinski definition) is 4. The molecule has 1 aromatic carbocycles. The van der Waals surface area contributed by atoms with Gasteiger partial charge in [-0.2, -0.15) is 0 Å². The van der Waals surface area contributed by atoms with Gasteiger partial charge in [-0.15, -0.1) is 10.2 Å². The molecule has 0 amide bonds. The van der Waals surface area contributed by atoms with Gasteiger partial charge in [0.1, 0.15) is 12.4 Å². The van der Waals surface area contributed by atoms with Gasteiger partial charge >= 0.3 is 0 Å². The summed E-state index contributed by atoms with van der Waals surface area (Å²) in [5, 5.41) is 16.0. The number of aromatic nitrogens is 3. The highest BCUT2D eigenvalue weighted by molar-refractivity contribution is 5.80. The normalized spacial score (nSPS) is 26.6. The Labute approximate surface area is 191 Å². The zero-order chi connectivity index (χ0) is 21.9. The Morgan fingerprint density at radius 2 is 1.66 bits per heavy atom. The lowest BCUT2D eigenvalue weighted by molar-refractivity contribution is 0.114. The molecule has 3 aliphatic rings. The van der Waals surface area contributed by atoms with Crippen molar-refractivity contribution in [1.82, 2.24) is 30.3 Å². The maximum Gasteiger partial charge on any atom is 0.192 e. The molecule has 1 saturated carbocycles. The lowest BCUT2D eigenvalue weighted by Gasteiger charge is -2.40. The zero-order valence-electron chi connectivity index (χ0n) is 19.5. The second kappa shape index (κ2) is 9.61. The Morgan fingerprint density at radius 3 is 2.31 bits per heavy atom. The summed E-state index contributed by atoms with van der Waals surface area (Å²) in [5.74, 6) is 2.79. The zero-order valence-corrected chi connectivity index (χ0v) is 19.5. The van der Waals surface area contributed by atoms with E-state index in [9.17, 15) is 0 Å². The van der Waals surface area contributed by atoms with Crippen LogP contribution in [0.25, 0.3) is 0 Å². The fourth-order valence-corrected chi connectivity index (χ4v) is 5.77. The van der Waals surface area contributed by atoms with Gasteiger partial charge in [0.15, 0.2) is 11.8 Å². The van der Waals surface area contributed by atoms with Crippen LogP contribution in [-0.4, -0.2) is 49.8 Å². The number of nitrogens with zero attached hydrogens (tertiary/aromatic N) is 5. The van der Waals surface area contributed by atoms with Gasteiger partial charge in [0.2, 0.25) is 0 Å². The predicted molar refractivity (Wildman–Crippen MR) is 127 cm³/mol. The number of aliphatic imine (C=N–C) groups is 1. The number of aryl methyl sites for hydroxylation is 1. The first-order valence-corrected chi connectivity index (χ1v) is 12.4. The SMILES string of the molecule is Cc1nnc(CN=C(NC2CCCC2)NC2CC3CCC(C2)N3Cc2ccccc2)n1C. The second-order valence-electron chi connectivity index (χ2n) is 9.87. The average Bonchev–Trinajstić information content (AvgIpc) is 3.48. The molecule has 7 heteroatoms. The van der Waals surface area contributed by atoms with Gasteiger partial charge in [-0.05, 0) is 51.0 Å². The van der Waals surface area contributed by atoms with Crippen molar-refractivity contribution in [2.24, 2.45) is 12.0 Å². The number of hydrogen-bond donors (Lipinski definition) is 2. The van der Waals surface area contributed by atoms with Crippen molar-refractivity contribution in [3.8, 4) is 0 Å². The molecule has 1 aliphatic carbocycles. The lowest BCUT2D eigenvalue weighted by Crippen LogP contribution is -2.53. The van der Waals surface area contributed by atoms with Crippen LogP contribution in [0.1, 0.15) is 68.6 Å². The standard InChI is InChI=1S/C25H37N7/c1-18-29-30-24(31(18)2)16-26-25(27-20-10-6-7-11-20)28-21-14-22-12-13-23(15-21)32(22)17-19-8-4-3-5-9-19/h3-5,8-9,20-23H,6-7,10-17H2,1-2H3,(H2,26,27,28). The van der Waals surface area contributed by atoms with Crippen LogP contribution in [0.5, 0.6) is 0 Å². The van der Waals surface area contributed by atoms with Crippen LogP contribution in [0, 0.1) is 6.92 Å². The van der Waals surface area contributed by atoms with Crippen molar-refractivity contribution in [2.45, 2.75) is 95.5 Å². The maximum absolute atomic E-state index is 4.94. The quantitative estimate of drug-likeness (QED) is 0.538. The molecule has 2 aromatic rings. The predicted octanol–water partition coefficient (Wildman–Crippen LogP) is 3.30. The molecule has 5 rings (SSSR count). The highest BCUT2D eigenvalue weighted by Crippen LogP contribution is 2.36. The fourth-order valence-electron chi connectivity index (χ4n) is 5.77. The summed E-state index contributed by atoms with van der Waals surface area (Å²) in [6.45, 7) is 3.62. The molecule has 2 unspecified atom stereocenters. The monoisotopic (exact) mass is 435 g/mol. The van der Waals surface area contributed by atoms with Crippen LogP contribution < -0.4 is 10.6 Å². The van der Waals surface area contributed by atoms with Crippen molar-refractivity contribution in [2.75, 3.05) is 0 Å². The number of nitrogens with one attached hydrogen (secondary N) is 2. The van der Waals surface area contributed by atoms with Gasteiger partial charge in [0, 0.05) is 37.8 Å². The molecule has 1 aromatic heterocycles. The molecule has 7 nitrogen and oxygen atoms in total. The third-order valence-corrected chi connectivity index (χ3v) is 7.69. The summed E-state index contributed by atoms with van der Waals surface area (Å²) < 4.78 is 2.03. The Hall–Kier alpha value is -2.41. The third-order valence-electron chi connectivity index (χ3n) is 7.69. The summed E-state index contributed by atoms with van der Waals surface area (Å²) in [5.41, 5.74) is 1.43. The van der Waals surface area contributed by atoms with Crippen LogP contribution >= 0.6 is 0 Å². The van der Waals surface area contributed by atoms with E-state index in [4.69, 9.17) is 4.99 Å². The molecular weight excluding hydrogens is 398 g/mol. The van der Waals surface area contributed by atoms with Crippen molar-refractivity contribution < 1.29 is 0 Å². The Bertz CT molecular complexity index is 902. The Morgan fingerprint density at radius 1 is 0.969 bits per heavy atom. The minimum Gasteiger partial charge on any atom is -0.354 e. The molecule has 3 fully saturated rings. The largest absolute Gasteiger partial charge is 0.354 e. The minimum absolute atomic E-state index is 0.480. The van der Waals surface area contributed by atoms with Crippen molar-refractivity contribution in [3.05, 3.63) is 47.5 Å². The van der Waals surface area contributed by atoms with E-state index in [1.54, 1.807) is 0 Å².